The Labute approximate surface area is 26.4 Å². The largest absolute Gasteiger partial charge is 0.292 e. The van der Waals surface area contributed by atoms with E-state index in [4.69, 9.17) is 4.79 Å². The normalized spacial score (nSPS) is 6.00. The third-order valence-corrected chi connectivity index (χ3v) is 0.144. The summed E-state index contributed by atoms with van der Waals surface area (Å²) in [5.74, 6) is 0. The average molecular weight is 54.9 g/mol. The lowest BCUT2D eigenvalue weighted by Gasteiger charge is -1.46. The van der Waals surface area contributed by atoms with Gasteiger partial charge in [-0.1, -0.05) is 0 Å². The number of rotatable bonds is 1. The van der Waals surface area contributed by atoms with Gasteiger partial charge in [-0.2, -0.15) is 0 Å². The standard InChI is InChI=1S/C2H4BO/c3-1-2-4/h1,3H2. The molecule has 4 heavy (non-hydrogen) atoms. The van der Waals surface area contributed by atoms with Gasteiger partial charge in [-0.3, -0.25) is 4.79 Å². The van der Waals surface area contributed by atoms with Crippen molar-refractivity contribution in [2.75, 3.05) is 0 Å². The van der Waals surface area contributed by atoms with Crippen molar-refractivity contribution in [1.82, 2.24) is 0 Å². The van der Waals surface area contributed by atoms with Crippen molar-refractivity contribution >= 4 is 14.1 Å². The third kappa shape index (κ3) is 1.73. The van der Waals surface area contributed by atoms with E-state index in [0.717, 1.165) is 0 Å². The summed E-state index contributed by atoms with van der Waals surface area (Å²) in [7, 11) is 1.76. The molecule has 0 unspecified atom stereocenters. The second kappa shape index (κ2) is 2.73. The van der Waals surface area contributed by atoms with Crippen molar-refractivity contribution in [1.29, 1.82) is 0 Å². The van der Waals surface area contributed by atoms with Gasteiger partial charge in [0.2, 0.25) is 0 Å². The minimum Gasteiger partial charge on any atom is -0.292 e. The zero-order chi connectivity index (χ0) is 3.41. The van der Waals surface area contributed by atoms with Crippen LogP contribution in [-0.2, 0) is 4.79 Å². The lowest BCUT2D eigenvalue weighted by atomic mass is 10.1. The average Bonchev–Trinajstić information content (AvgIpc) is 1.37. The maximum Gasteiger partial charge on any atom is 0.189 e. The second-order valence-electron chi connectivity index (χ2n) is 0.498. The summed E-state index contributed by atoms with van der Waals surface area (Å²) in [4.78, 5) is 9.05. The van der Waals surface area contributed by atoms with Gasteiger partial charge < -0.3 is 0 Å². The Hall–Kier alpha value is -0.265. The molecule has 21 valence electrons. The molecule has 0 heterocycles. The summed E-state index contributed by atoms with van der Waals surface area (Å²) in [6.45, 7) is 0. The summed E-state index contributed by atoms with van der Waals surface area (Å²) in [6, 6.07) is 0. The van der Waals surface area contributed by atoms with Gasteiger partial charge in [0.15, 0.2) is 6.29 Å². The smallest absolute Gasteiger partial charge is 0.189 e. The van der Waals surface area contributed by atoms with E-state index < -0.39 is 0 Å². The summed E-state index contributed by atoms with van der Waals surface area (Å²) >= 11 is 0. The molecule has 2 heteroatoms. The predicted molar refractivity (Wildman–Crippen MR) is 19.0 cm³/mol. The molecule has 1 radical (unpaired) electrons. The molecule has 0 saturated carbocycles. The molecule has 0 atom stereocenters. The Morgan fingerprint density at radius 2 is 2.25 bits per heavy atom. The van der Waals surface area contributed by atoms with Crippen LogP contribution < -0.4 is 0 Å². The van der Waals surface area contributed by atoms with E-state index in [2.05, 4.69) is 0 Å². The number of hydrogen-bond acceptors (Lipinski definition) is 1. The summed E-state index contributed by atoms with van der Waals surface area (Å²) in [5, 5.41) is 0. The fourth-order valence-corrected chi connectivity index (χ4v) is 0. The molecule has 1 nitrogen and oxygen atoms in total. The van der Waals surface area contributed by atoms with Gasteiger partial charge in [-0.05, 0) is 6.32 Å². The Bertz CT molecular complexity index is 20.0. The van der Waals surface area contributed by atoms with E-state index in [1.807, 2.05) is 0 Å². The van der Waals surface area contributed by atoms with Crippen LogP contribution in [0.1, 0.15) is 0 Å². The van der Waals surface area contributed by atoms with Gasteiger partial charge in [0.05, 0.1) is 0 Å². The number of carbonyl (C=O) groups excluding carboxylic acids is 1. The van der Waals surface area contributed by atoms with Crippen molar-refractivity contribution < 1.29 is 4.79 Å². The van der Waals surface area contributed by atoms with E-state index in [0.29, 0.717) is 6.32 Å². The van der Waals surface area contributed by atoms with Crippen molar-refractivity contribution in [3.63, 3.8) is 0 Å². The van der Waals surface area contributed by atoms with Crippen LogP contribution in [0.5, 0.6) is 0 Å². The van der Waals surface area contributed by atoms with Gasteiger partial charge in [0.25, 0.3) is 0 Å². The zero-order valence-electron chi connectivity index (χ0n) is 2.62. The summed E-state index contributed by atoms with van der Waals surface area (Å²) < 4.78 is 0. The molecular formula is C2H4BO. The fraction of sp³-hybridized carbons (Fsp3) is 0.500. The number of hydrogen-bond donors (Lipinski definition) is 0. The highest BCUT2D eigenvalue weighted by molar-refractivity contribution is 6.15. The van der Waals surface area contributed by atoms with Crippen LogP contribution in [0.3, 0.4) is 0 Å². The summed E-state index contributed by atoms with van der Waals surface area (Å²) in [5.41, 5.74) is 0. The molecule has 0 amide bonds. The van der Waals surface area contributed by atoms with Gasteiger partial charge in [-0.25, -0.2) is 0 Å². The topological polar surface area (TPSA) is 17.1 Å². The van der Waals surface area contributed by atoms with E-state index in [9.17, 15) is 0 Å². The minimum atomic E-state index is 0.514. The monoisotopic (exact) mass is 55.0 g/mol. The van der Waals surface area contributed by atoms with Crippen molar-refractivity contribution in [3.8, 4) is 0 Å². The van der Waals surface area contributed by atoms with Crippen molar-refractivity contribution in [3.05, 3.63) is 0 Å². The highest BCUT2D eigenvalue weighted by Gasteiger charge is 1.57. The molecule has 0 aromatic heterocycles. The fourth-order valence-electron chi connectivity index (χ4n) is 0. The van der Waals surface area contributed by atoms with Crippen molar-refractivity contribution in [2.24, 2.45) is 0 Å². The van der Waals surface area contributed by atoms with Crippen LogP contribution in [0.2, 0.25) is 6.32 Å². The van der Waals surface area contributed by atoms with Gasteiger partial charge in [0.1, 0.15) is 7.85 Å². The van der Waals surface area contributed by atoms with E-state index >= 15 is 0 Å². The molecule has 0 aliphatic carbocycles. The maximum atomic E-state index is 9.05. The predicted octanol–water partition coefficient (Wildman–Crippen LogP) is -0.853. The molecule has 0 aliphatic rings. The molecule has 0 spiro atoms. The lowest BCUT2D eigenvalue weighted by Crippen LogP contribution is -1.61. The van der Waals surface area contributed by atoms with Gasteiger partial charge in [-0.15, -0.1) is 0 Å². The molecule has 0 rings (SSSR count). The van der Waals surface area contributed by atoms with Crippen molar-refractivity contribution in [2.45, 2.75) is 6.32 Å². The highest BCUT2D eigenvalue weighted by atomic mass is 16.1. The van der Waals surface area contributed by atoms with Crippen LogP contribution in [0.15, 0.2) is 0 Å². The molecule has 0 saturated heterocycles. The zero-order valence-corrected chi connectivity index (χ0v) is 2.62. The van der Waals surface area contributed by atoms with Gasteiger partial charge in [0, 0.05) is 0 Å². The van der Waals surface area contributed by atoms with Crippen LogP contribution in [-0.4, -0.2) is 14.1 Å². The van der Waals surface area contributed by atoms with Crippen LogP contribution in [0.4, 0.5) is 0 Å². The van der Waals surface area contributed by atoms with Crippen LogP contribution >= 0.6 is 0 Å². The third-order valence-electron chi connectivity index (χ3n) is 0.144. The Morgan fingerprint density at radius 1 is 2.00 bits per heavy atom. The maximum absolute atomic E-state index is 9.05. The Kier molecular flexibility index (Phi) is 2.55. The van der Waals surface area contributed by atoms with Crippen LogP contribution in [0.25, 0.3) is 0 Å². The van der Waals surface area contributed by atoms with Gasteiger partial charge >= 0.3 is 0 Å². The Balaban J connectivity index is 2.30. The molecular weight excluding hydrogens is 50.8 g/mol. The second-order valence-corrected chi connectivity index (χ2v) is 0.498. The van der Waals surface area contributed by atoms with E-state index in [1.54, 1.807) is 14.1 Å². The molecule has 0 aromatic carbocycles. The molecule has 0 aliphatic heterocycles. The minimum absolute atomic E-state index is 0.514. The molecule has 0 aromatic rings. The molecule has 0 bridgehead atoms. The van der Waals surface area contributed by atoms with Crippen LogP contribution in [0, 0.1) is 0 Å². The lowest BCUT2D eigenvalue weighted by molar-refractivity contribution is 0.560. The molecule has 0 fully saturated rings. The SMILES string of the molecule is BC[C]=O. The first-order valence-electron chi connectivity index (χ1n) is 1.26. The quantitative estimate of drug-likeness (QED) is 0.357. The highest BCUT2D eigenvalue weighted by Crippen LogP contribution is 1.46. The Morgan fingerprint density at radius 3 is 2.25 bits per heavy atom. The van der Waals surface area contributed by atoms with E-state index in [1.165, 1.54) is 0 Å². The molecule has 0 N–H and O–H groups in total. The van der Waals surface area contributed by atoms with E-state index in [-0.39, 0.29) is 0 Å². The first kappa shape index (κ1) is 3.73. The summed E-state index contributed by atoms with van der Waals surface area (Å²) in [6.07, 6.45) is 2.19. The first-order valence-corrected chi connectivity index (χ1v) is 1.26. The first-order chi connectivity index (χ1) is 1.91.